The molecular weight excluding hydrogens is 320 g/mol. The quantitative estimate of drug-likeness (QED) is 0.780. The van der Waals surface area contributed by atoms with Crippen LogP contribution in [0.15, 0.2) is 33.9 Å². The van der Waals surface area contributed by atoms with E-state index in [2.05, 4.69) is 15.3 Å². The molecule has 1 fully saturated rings. The molecule has 0 saturated carbocycles. The lowest BCUT2D eigenvalue weighted by Gasteiger charge is -2.27. The van der Waals surface area contributed by atoms with Crippen LogP contribution in [0.1, 0.15) is 31.2 Å². The normalized spacial score (nSPS) is 14.5. The lowest BCUT2D eigenvalue weighted by atomic mass is 10.1. The van der Waals surface area contributed by atoms with Crippen LogP contribution >= 0.6 is 0 Å². The summed E-state index contributed by atoms with van der Waals surface area (Å²) in [5.41, 5.74) is 2.89. The topological polar surface area (TPSA) is 80.8 Å². The Labute approximate surface area is 146 Å². The van der Waals surface area contributed by atoms with Crippen molar-refractivity contribution in [3.05, 3.63) is 35.7 Å². The van der Waals surface area contributed by atoms with Crippen LogP contribution in [0, 0.1) is 6.92 Å². The van der Waals surface area contributed by atoms with Crippen LogP contribution in [0.3, 0.4) is 0 Å². The number of benzene rings is 1. The first-order chi connectivity index (χ1) is 12.2. The number of rotatable bonds is 5. The van der Waals surface area contributed by atoms with Crippen molar-refractivity contribution in [1.82, 2.24) is 15.0 Å². The molecule has 1 aliphatic rings. The second kappa shape index (κ2) is 7.92. The molecule has 25 heavy (non-hydrogen) atoms. The van der Waals surface area contributed by atoms with Crippen molar-refractivity contribution < 1.29 is 14.2 Å². The molecule has 0 N–H and O–H groups in total. The van der Waals surface area contributed by atoms with E-state index in [-0.39, 0.29) is 5.91 Å². The number of amides is 1. The number of piperidine rings is 1. The van der Waals surface area contributed by atoms with E-state index in [1.165, 1.54) is 0 Å². The third kappa shape index (κ3) is 4.43. The first-order valence-electron chi connectivity index (χ1n) is 8.51. The zero-order chi connectivity index (χ0) is 17.6. The zero-order valence-corrected chi connectivity index (χ0v) is 14.6. The molecule has 1 aliphatic heterocycles. The summed E-state index contributed by atoms with van der Waals surface area (Å²) < 4.78 is 4.99. The molecule has 0 spiro atoms. The van der Waals surface area contributed by atoms with Crippen molar-refractivity contribution >= 4 is 11.6 Å². The van der Waals surface area contributed by atoms with Crippen molar-refractivity contribution in [1.29, 1.82) is 0 Å². The fraction of sp³-hybridized carbons (Fsp3) is 0.444. The van der Waals surface area contributed by atoms with Gasteiger partial charge in [-0.05, 0) is 12.5 Å². The fourth-order valence-electron chi connectivity index (χ4n) is 2.74. The fourth-order valence-corrected chi connectivity index (χ4v) is 2.74. The van der Waals surface area contributed by atoms with Crippen molar-refractivity contribution in [3.63, 3.8) is 0 Å². The summed E-state index contributed by atoms with van der Waals surface area (Å²) in [7, 11) is 0. The molecule has 7 nitrogen and oxygen atoms in total. The summed E-state index contributed by atoms with van der Waals surface area (Å²) >= 11 is 0. The Balaban J connectivity index is 1.55. The maximum Gasteiger partial charge on any atom is 0.227 e. The third-order valence-electron chi connectivity index (χ3n) is 4.11. The minimum Gasteiger partial charge on any atom is -0.396 e. The number of aryl methyl sites for hydroxylation is 1. The van der Waals surface area contributed by atoms with Crippen molar-refractivity contribution in [2.75, 3.05) is 19.7 Å². The van der Waals surface area contributed by atoms with Crippen LogP contribution in [0.4, 0.5) is 0 Å². The van der Waals surface area contributed by atoms with E-state index >= 15 is 0 Å². The van der Waals surface area contributed by atoms with E-state index in [0.717, 1.165) is 29.7 Å². The molecule has 1 aromatic carbocycles. The Morgan fingerprint density at radius 1 is 1.28 bits per heavy atom. The highest BCUT2D eigenvalue weighted by Gasteiger charge is 2.20. The number of nitrogens with zero attached hydrogens (tertiary/aromatic N) is 4. The van der Waals surface area contributed by atoms with Gasteiger partial charge in [0.25, 0.3) is 0 Å². The van der Waals surface area contributed by atoms with E-state index in [4.69, 9.17) is 9.36 Å². The lowest BCUT2D eigenvalue weighted by molar-refractivity contribution is -0.130. The number of oxime groups is 1. The van der Waals surface area contributed by atoms with Gasteiger partial charge < -0.3 is 14.3 Å². The second-order valence-electron chi connectivity index (χ2n) is 5.97. The smallest absolute Gasteiger partial charge is 0.227 e. The molecule has 3 rings (SSSR count). The van der Waals surface area contributed by atoms with Crippen molar-refractivity contribution in [2.24, 2.45) is 5.16 Å². The number of hydrogen-bond acceptors (Lipinski definition) is 6. The Hall–Kier alpha value is -2.70. The van der Waals surface area contributed by atoms with E-state index in [1.54, 1.807) is 6.92 Å². The predicted octanol–water partition coefficient (Wildman–Crippen LogP) is 2.60. The standard InChI is InChI=1S/C18H22N4O3/c1-3-24-20-16-8-10-22(11-9-16)17(23)12-14-4-6-15(7-5-14)18-19-13(2)25-21-18/h4-7H,3,8-12H2,1-2H3. The van der Waals surface area contributed by atoms with E-state index in [1.807, 2.05) is 36.1 Å². The summed E-state index contributed by atoms with van der Waals surface area (Å²) in [5, 5.41) is 7.97. The van der Waals surface area contributed by atoms with Gasteiger partial charge in [-0.25, -0.2) is 0 Å². The van der Waals surface area contributed by atoms with Crippen LogP contribution in [-0.4, -0.2) is 46.4 Å². The monoisotopic (exact) mass is 342 g/mol. The lowest BCUT2D eigenvalue weighted by Crippen LogP contribution is -2.39. The zero-order valence-electron chi connectivity index (χ0n) is 14.6. The van der Waals surface area contributed by atoms with Gasteiger partial charge in [-0.3, -0.25) is 4.79 Å². The van der Waals surface area contributed by atoms with Crippen molar-refractivity contribution in [2.45, 2.75) is 33.1 Å². The highest BCUT2D eigenvalue weighted by atomic mass is 16.6. The van der Waals surface area contributed by atoms with Crippen LogP contribution < -0.4 is 0 Å². The van der Waals surface area contributed by atoms with Crippen LogP contribution in [0.2, 0.25) is 0 Å². The summed E-state index contributed by atoms with van der Waals surface area (Å²) in [5.74, 6) is 1.23. The minimum atomic E-state index is 0.138. The summed E-state index contributed by atoms with van der Waals surface area (Å²) in [6, 6.07) is 7.70. The Kier molecular flexibility index (Phi) is 5.42. The minimum absolute atomic E-state index is 0.138. The van der Waals surface area contributed by atoms with Crippen LogP contribution in [-0.2, 0) is 16.1 Å². The van der Waals surface area contributed by atoms with Gasteiger partial charge in [-0.15, -0.1) is 0 Å². The largest absolute Gasteiger partial charge is 0.396 e. The Morgan fingerprint density at radius 3 is 2.60 bits per heavy atom. The van der Waals surface area contributed by atoms with Gasteiger partial charge in [0.2, 0.25) is 17.6 Å². The number of carbonyl (C=O) groups excluding carboxylic acids is 1. The highest BCUT2D eigenvalue weighted by molar-refractivity contribution is 5.87. The molecular formula is C18H22N4O3. The summed E-state index contributed by atoms with van der Waals surface area (Å²) in [6.45, 7) is 5.64. The molecule has 1 amide bonds. The molecule has 0 bridgehead atoms. The SMILES string of the molecule is CCON=C1CCN(C(=O)Cc2ccc(-c3noc(C)n3)cc2)CC1. The third-order valence-corrected chi connectivity index (χ3v) is 4.11. The van der Waals surface area contributed by atoms with Crippen LogP contribution in [0.5, 0.6) is 0 Å². The van der Waals surface area contributed by atoms with E-state index in [0.29, 0.717) is 37.8 Å². The first kappa shape index (κ1) is 17.1. The van der Waals surface area contributed by atoms with Crippen molar-refractivity contribution in [3.8, 4) is 11.4 Å². The number of hydrogen-bond donors (Lipinski definition) is 0. The predicted molar refractivity (Wildman–Crippen MR) is 93.1 cm³/mol. The number of aromatic nitrogens is 2. The Morgan fingerprint density at radius 2 is 2.00 bits per heavy atom. The second-order valence-corrected chi connectivity index (χ2v) is 5.97. The summed E-state index contributed by atoms with van der Waals surface area (Å²) in [6.07, 6.45) is 1.95. The van der Waals surface area contributed by atoms with E-state index in [9.17, 15) is 4.79 Å². The van der Waals surface area contributed by atoms with Gasteiger partial charge in [0.05, 0.1) is 12.1 Å². The molecule has 2 heterocycles. The molecule has 0 unspecified atom stereocenters. The maximum absolute atomic E-state index is 12.5. The highest BCUT2D eigenvalue weighted by Crippen LogP contribution is 2.17. The number of likely N-dealkylation sites (tertiary alicyclic amines) is 1. The number of carbonyl (C=O) groups is 1. The molecule has 0 atom stereocenters. The molecule has 7 heteroatoms. The molecule has 0 radical (unpaired) electrons. The molecule has 1 saturated heterocycles. The average Bonchev–Trinajstić information content (AvgIpc) is 3.07. The molecule has 132 valence electrons. The van der Waals surface area contributed by atoms with Crippen LogP contribution in [0.25, 0.3) is 11.4 Å². The summed E-state index contributed by atoms with van der Waals surface area (Å²) in [4.78, 5) is 23.6. The van der Waals surface area contributed by atoms with Gasteiger partial charge in [0, 0.05) is 38.4 Å². The van der Waals surface area contributed by atoms with Gasteiger partial charge in [0.1, 0.15) is 6.61 Å². The van der Waals surface area contributed by atoms with Gasteiger partial charge in [0.15, 0.2) is 0 Å². The van der Waals surface area contributed by atoms with Gasteiger partial charge >= 0.3 is 0 Å². The van der Waals surface area contributed by atoms with Gasteiger partial charge in [-0.1, -0.05) is 34.6 Å². The first-order valence-corrected chi connectivity index (χ1v) is 8.51. The molecule has 1 aromatic heterocycles. The van der Waals surface area contributed by atoms with Gasteiger partial charge in [-0.2, -0.15) is 4.98 Å². The Bertz CT molecular complexity index is 742. The average molecular weight is 342 g/mol. The molecule has 2 aromatic rings. The van der Waals surface area contributed by atoms with E-state index < -0.39 is 0 Å². The maximum atomic E-state index is 12.5. The molecule has 0 aliphatic carbocycles.